The van der Waals surface area contributed by atoms with Crippen LogP contribution in [0.1, 0.15) is 20.3 Å². The summed E-state index contributed by atoms with van der Waals surface area (Å²) >= 11 is 0. The first-order chi connectivity index (χ1) is 8.00. The van der Waals surface area contributed by atoms with E-state index in [0.29, 0.717) is 19.7 Å². The number of carboxylic acid groups (broad SMARTS) is 1. The summed E-state index contributed by atoms with van der Waals surface area (Å²) in [7, 11) is 0. The molecule has 2 heterocycles. The van der Waals surface area contributed by atoms with Crippen molar-refractivity contribution in [2.45, 2.75) is 26.4 Å². The Morgan fingerprint density at radius 2 is 1.94 bits per heavy atom. The van der Waals surface area contributed by atoms with Crippen LogP contribution < -0.4 is 0 Å². The molecule has 2 aliphatic rings. The molecule has 0 aromatic rings. The molecule has 2 saturated heterocycles. The Morgan fingerprint density at radius 3 is 2.41 bits per heavy atom. The maximum absolute atomic E-state index is 12.2. The number of hydrogen-bond donors (Lipinski definition) is 1. The van der Waals surface area contributed by atoms with Gasteiger partial charge in [0.1, 0.15) is 0 Å². The SMILES string of the molecule is CC1CN(C(=O)C2CCOC2C)CC1C(=O)O. The first-order valence-corrected chi connectivity index (χ1v) is 6.14. The van der Waals surface area contributed by atoms with E-state index in [-0.39, 0.29) is 23.8 Å². The molecule has 0 bridgehead atoms. The maximum atomic E-state index is 12.2. The van der Waals surface area contributed by atoms with Gasteiger partial charge in [0.05, 0.1) is 17.9 Å². The molecule has 0 saturated carbocycles. The Labute approximate surface area is 101 Å². The Bertz CT molecular complexity index is 330. The molecule has 2 fully saturated rings. The normalized spacial score (nSPS) is 37.4. The van der Waals surface area contributed by atoms with Gasteiger partial charge in [0.15, 0.2) is 0 Å². The molecule has 1 N–H and O–H groups in total. The van der Waals surface area contributed by atoms with Crippen molar-refractivity contribution in [2.75, 3.05) is 19.7 Å². The highest BCUT2D eigenvalue weighted by Crippen LogP contribution is 2.28. The molecule has 2 aliphatic heterocycles. The lowest BCUT2D eigenvalue weighted by atomic mass is 9.99. The lowest BCUT2D eigenvalue weighted by molar-refractivity contribution is -0.142. The number of ether oxygens (including phenoxy) is 1. The van der Waals surface area contributed by atoms with Crippen molar-refractivity contribution in [1.29, 1.82) is 0 Å². The molecule has 4 atom stereocenters. The predicted octanol–water partition coefficient (Wildman–Crippen LogP) is 0.591. The number of amides is 1. The van der Waals surface area contributed by atoms with E-state index in [0.717, 1.165) is 6.42 Å². The van der Waals surface area contributed by atoms with Crippen LogP contribution in [-0.4, -0.2) is 47.7 Å². The van der Waals surface area contributed by atoms with Crippen LogP contribution in [0.15, 0.2) is 0 Å². The Balaban J connectivity index is 2.00. The molecular weight excluding hydrogens is 222 g/mol. The number of rotatable bonds is 2. The van der Waals surface area contributed by atoms with E-state index in [4.69, 9.17) is 9.84 Å². The molecule has 0 aliphatic carbocycles. The maximum Gasteiger partial charge on any atom is 0.308 e. The zero-order valence-corrected chi connectivity index (χ0v) is 10.3. The summed E-state index contributed by atoms with van der Waals surface area (Å²) in [6.07, 6.45) is 0.712. The number of nitrogens with zero attached hydrogens (tertiary/aromatic N) is 1. The number of likely N-dealkylation sites (tertiary alicyclic amines) is 1. The lowest BCUT2D eigenvalue weighted by Gasteiger charge is -2.22. The molecule has 0 aromatic heterocycles. The molecule has 5 nitrogen and oxygen atoms in total. The molecule has 2 rings (SSSR count). The smallest absolute Gasteiger partial charge is 0.308 e. The van der Waals surface area contributed by atoms with Gasteiger partial charge in [-0.2, -0.15) is 0 Å². The van der Waals surface area contributed by atoms with Gasteiger partial charge in [0, 0.05) is 19.7 Å². The average Bonchev–Trinajstić information content (AvgIpc) is 2.83. The van der Waals surface area contributed by atoms with Crippen molar-refractivity contribution < 1.29 is 19.4 Å². The Kier molecular flexibility index (Phi) is 3.38. The van der Waals surface area contributed by atoms with Gasteiger partial charge in [-0.05, 0) is 19.3 Å². The monoisotopic (exact) mass is 241 g/mol. The van der Waals surface area contributed by atoms with Crippen molar-refractivity contribution in [3.05, 3.63) is 0 Å². The minimum atomic E-state index is -0.802. The summed E-state index contributed by atoms with van der Waals surface area (Å²) < 4.78 is 5.38. The zero-order chi connectivity index (χ0) is 12.6. The van der Waals surface area contributed by atoms with E-state index in [1.807, 2.05) is 13.8 Å². The number of carboxylic acids is 1. The van der Waals surface area contributed by atoms with Gasteiger partial charge in [0.25, 0.3) is 0 Å². The van der Waals surface area contributed by atoms with Gasteiger partial charge in [-0.3, -0.25) is 9.59 Å². The molecule has 1 amide bonds. The summed E-state index contributed by atoms with van der Waals surface area (Å²) in [4.78, 5) is 24.9. The summed E-state index contributed by atoms with van der Waals surface area (Å²) in [6.45, 7) is 5.32. The third-order valence-corrected chi connectivity index (χ3v) is 3.93. The van der Waals surface area contributed by atoms with Gasteiger partial charge in [-0.15, -0.1) is 0 Å². The second-order valence-electron chi connectivity index (χ2n) is 5.14. The average molecular weight is 241 g/mol. The van der Waals surface area contributed by atoms with Crippen molar-refractivity contribution >= 4 is 11.9 Å². The largest absolute Gasteiger partial charge is 0.481 e. The van der Waals surface area contributed by atoms with Crippen LogP contribution in [0, 0.1) is 17.8 Å². The summed E-state index contributed by atoms with van der Waals surface area (Å²) in [5, 5.41) is 9.04. The van der Waals surface area contributed by atoms with Crippen molar-refractivity contribution in [2.24, 2.45) is 17.8 Å². The molecule has 0 radical (unpaired) electrons. The topological polar surface area (TPSA) is 66.8 Å². The van der Waals surface area contributed by atoms with E-state index in [9.17, 15) is 9.59 Å². The van der Waals surface area contributed by atoms with E-state index in [1.165, 1.54) is 0 Å². The summed E-state index contributed by atoms with van der Waals surface area (Å²) in [6, 6.07) is 0. The van der Waals surface area contributed by atoms with E-state index in [2.05, 4.69) is 0 Å². The van der Waals surface area contributed by atoms with Gasteiger partial charge in [-0.25, -0.2) is 0 Å². The summed E-state index contributed by atoms with van der Waals surface area (Å²) in [5.74, 6) is -1.21. The van der Waals surface area contributed by atoms with Gasteiger partial charge in [0.2, 0.25) is 5.91 Å². The van der Waals surface area contributed by atoms with Crippen LogP contribution in [-0.2, 0) is 14.3 Å². The first kappa shape index (κ1) is 12.4. The first-order valence-electron chi connectivity index (χ1n) is 6.14. The van der Waals surface area contributed by atoms with Crippen molar-refractivity contribution in [3.63, 3.8) is 0 Å². The fourth-order valence-corrected chi connectivity index (χ4v) is 2.76. The zero-order valence-electron chi connectivity index (χ0n) is 10.3. The number of carbonyl (C=O) groups excluding carboxylic acids is 1. The molecule has 0 aromatic carbocycles. The van der Waals surface area contributed by atoms with E-state index in [1.54, 1.807) is 4.90 Å². The second-order valence-corrected chi connectivity index (χ2v) is 5.14. The van der Waals surface area contributed by atoms with Crippen LogP contribution in [0.4, 0.5) is 0 Å². The van der Waals surface area contributed by atoms with E-state index >= 15 is 0 Å². The Morgan fingerprint density at radius 1 is 1.24 bits per heavy atom. The molecule has 96 valence electrons. The molecular formula is C12H19NO4. The van der Waals surface area contributed by atoms with Crippen LogP contribution >= 0.6 is 0 Å². The number of carbonyl (C=O) groups is 2. The van der Waals surface area contributed by atoms with Gasteiger partial charge >= 0.3 is 5.97 Å². The Hall–Kier alpha value is -1.10. The van der Waals surface area contributed by atoms with Crippen LogP contribution in [0.2, 0.25) is 0 Å². The van der Waals surface area contributed by atoms with Crippen molar-refractivity contribution in [3.8, 4) is 0 Å². The minimum Gasteiger partial charge on any atom is -0.481 e. The lowest BCUT2D eigenvalue weighted by Crippen LogP contribution is -2.37. The highest BCUT2D eigenvalue weighted by Gasteiger charge is 2.41. The standard InChI is InChI=1S/C12H19NO4/c1-7-5-13(6-10(7)12(15)16)11(14)9-3-4-17-8(9)2/h7-10H,3-6H2,1-2H3,(H,15,16). The minimum absolute atomic E-state index is 0.0362. The third kappa shape index (κ3) is 2.29. The fourth-order valence-electron chi connectivity index (χ4n) is 2.76. The van der Waals surface area contributed by atoms with Gasteiger partial charge < -0.3 is 14.7 Å². The fraction of sp³-hybridized carbons (Fsp3) is 0.833. The predicted molar refractivity (Wildman–Crippen MR) is 60.4 cm³/mol. The van der Waals surface area contributed by atoms with Crippen molar-refractivity contribution in [1.82, 2.24) is 4.90 Å². The third-order valence-electron chi connectivity index (χ3n) is 3.93. The van der Waals surface area contributed by atoms with Crippen LogP contribution in [0.3, 0.4) is 0 Å². The van der Waals surface area contributed by atoms with E-state index < -0.39 is 11.9 Å². The number of hydrogen-bond acceptors (Lipinski definition) is 3. The van der Waals surface area contributed by atoms with Crippen LogP contribution in [0.5, 0.6) is 0 Å². The second kappa shape index (κ2) is 4.64. The van der Waals surface area contributed by atoms with Gasteiger partial charge in [-0.1, -0.05) is 6.92 Å². The highest BCUT2D eigenvalue weighted by molar-refractivity contribution is 5.81. The number of aliphatic carboxylic acids is 1. The highest BCUT2D eigenvalue weighted by atomic mass is 16.5. The molecule has 5 heteroatoms. The molecule has 0 spiro atoms. The van der Waals surface area contributed by atoms with Crippen LogP contribution in [0.25, 0.3) is 0 Å². The molecule has 4 unspecified atom stereocenters. The summed E-state index contributed by atoms with van der Waals surface area (Å²) in [5.41, 5.74) is 0. The quantitative estimate of drug-likeness (QED) is 0.768. The molecule has 17 heavy (non-hydrogen) atoms.